The molecule has 10 heteroatoms. The van der Waals surface area contributed by atoms with Crippen LogP contribution in [0.25, 0.3) is 5.76 Å². The molecule has 0 amide bonds. The second-order valence-electron chi connectivity index (χ2n) is 10.1. The van der Waals surface area contributed by atoms with E-state index in [0.29, 0.717) is 26.1 Å². The summed E-state index contributed by atoms with van der Waals surface area (Å²) in [5, 5.41) is 42.6. The number of ether oxygens (including phenoxy) is 1. The summed E-state index contributed by atoms with van der Waals surface area (Å²) >= 11 is 0. The van der Waals surface area contributed by atoms with E-state index in [9.17, 15) is 44.4 Å². The van der Waals surface area contributed by atoms with Crippen molar-refractivity contribution in [2.75, 3.05) is 19.8 Å². The number of carbonyl (C=O) groups is 5. The van der Waals surface area contributed by atoms with E-state index >= 15 is 0 Å². The first-order valence-electron chi connectivity index (χ1n) is 12.4. The van der Waals surface area contributed by atoms with Crippen LogP contribution in [0, 0.1) is 17.8 Å². The van der Waals surface area contributed by atoms with Gasteiger partial charge in [-0.3, -0.25) is 24.0 Å². The lowest BCUT2D eigenvalue weighted by molar-refractivity contribution is -0.159. The standard InChI is InChI=1S/C27H30O10.2H2/c1-13(29)10-20(31)27(36)16(4-7-28)11-15-12-18-17(24(33)23(32)14-5-8-37-9-6-14)2-3-19(30)22(18)25(34)21(15)26(27)35;;/h2-3,14-16,28,30,34,36H,4-12H2,1H3;2*1H. The van der Waals surface area contributed by atoms with Crippen LogP contribution in [0.5, 0.6) is 5.75 Å². The number of aliphatic hydroxyl groups is 3. The zero-order valence-corrected chi connectivity index (χ0v) is 20.5. The third kappa shape index (κ3) is 4.54. The van der Waals surface area contributed by atoms with Crippen molar-refractivity contribution in [3.05, 3.63) is 34.4 Å². The van der Waals surface area contributed by atoms with Crippen molar-refractivity contribution < 1.29 is 52.0 Å². The van der Waals surface area contributed by atoms with Gasteiger partial charge < -0.3 is 25.2 Å². The van der Waals surface area contributed by atoms with E-state index in [-0.39, 0.29) is 44.4 Å². The fourth-order valence-electron chi connectivity index (χ4n) is 5.88. The fraction of sp³-hybridized carbons (Fsp3) is 0.519. The Balaban J connectivity index is 0.00000267. The molecule has 1 aromatic carbocycles. The van der Waals surface area contributed by atoms with Crippen molar-refractivity contribution in [2.24, 2.45) is 17.8 Å². The van der Waals surface area contributed by atoms with Crippen molar-refractivity contribution in [2.45, 2.75) is 51.0 Å². The molecule has 1 aromatic rings. The summed E-state index contributed by atoms with van der Waals surface area (Å²) in [6, 6.07) is 2.46. The van der Waals surface area contributed by atoms with Gasteiger partial charge in [-0.1, -0.05) is 0 Å². The van der Waals surface area contributed by atoms with E-state index in [2.05, 4.69) is 0 Å². The van der Waals surface area contributed by atoms with Crippen LogP contribution < -0.4 is 0 Å². The third-order valence-electron chi connectivity index (χ3n) is 7.76. The zero-order valence-electron chi connectivity index (χ0n) is 20.5. The number of ketones is 5. The van der Waals surface area contributed by atoms with Crippen molar-refractivity contribution in [1.82, 2.24) is 0 Å². The van der Waals surface area contributed by atoms with E-state index in [4.69, 9.17) is 4.74 Å². The minimum atomic E-state index is -2.63. The third-order valence-corrected chi connectivity index (χ3v) is 7.76. The van der Waals surface area contributed by atoms with Crippen molar-refractivity contribution in [3.8, 4) is 5.75 Å². The summed E-state index contributed by atoms with van der Waals surface area (Å²) in [6.45, 7) is 1.44. The number of phenols is 1. The number of phenolic OH excluding ortho intramolecular Hbond substituents is 1. The van der Waals surface area contributed by atoms with Crippen LogP contribution in [-0.2, 0) is 30.3 Å². The van der Waals surface area contributed by atoms with Crippen LogP contribution in [0.15, 0.2) is 17.7 Å². The van der Waals surface area contributed by atoms with Crippen LogP contribution in [0.4, 0.5) is 0 Å². The molecule has 202 valence electrons. The van der Waals surface area contributed by atoms with Gasteiger partial charge in [-0.05, 0) is 62.6 Å². The lowest BCUT2D eigenvalue weighted by Crippen LogP contribution is -2.58. The second-order valence-corrected chi connectivity index (χ2v) is 10.1. The second kappa shape index (κ2) is 10.3. The molecule has 3 unspecified atom stereocenters. The molecule has 3 atom stereocenters. The molecule has 1 saturated carbocycles. The van der Waals surface area contributed by atoms with Gasteiger partial charge in [0.05, 0.1) is 12.0 Å². The number of aliphatic hydroxyl groups excluding tert-OH is 2. The maximum absolute atomic E-state index is 13.6. The molecule has 3 aliphatic rings. The molecule has 1 saturated heterocycles. The Morgan fingerprint density at radius 3 is 2.43 bits per heavy atom. The van der Waals surface area contributed by atoms with Crippen molar-refractivity contribution in [3.63, 3.8) is 0 Å². The predicted octanol–water partition coefficient (Wildman–Crippen LogP) is 1.75. The molecule has 0 spiro atoms. The Labute approximate surface area is 215 Å². The summed E-state index contributed by atoms with van der Waals surface area (Å²) in [6.07, 6.45) is -0.0204. The van der Waals surface area contributed by atoms with Gasteiger partial charge >= 0.3 is 0 Å². The van der Waals surface area contributed by atoms with Gasteiger partial charge in [0.2, 0.25) is 17.3 Å². The van der Waals surface area contributed by atoms with Gasteiger partial charge in [0.25, 0.3) is 0 Å². The first-order chi connectivity index (χ1) is 17.5. The highest BCUT2D eigenvalue weighted by Crippen LogP contribution is 2.49. The average molecular weight is 519 g/mol. The van der Waals surface area contributed by atoms with Crippen LogP contribution >= 0.6 is 0 Å². The average Bonchev–Trinajstić information content (AvgIpc) is 2.86. The van der Waals surface area contributed by atoms with Gasteiger partial charge in [-0.2, -0.15) is 0 Å². The molecule has 0 bridgehead atoms. The van der Waals surface area contributed by atoms with E-state index in [0.717, 1.165) is 13.0 Å². The molecule has 10 nitrogen and oxygen atoms in total. The van der Waals surface area contributed by atoms with Gasteiger partial charge in [0.15, 0.2) is 11.4 Å². The number of hydrogen-bond acceptors (Lipinski definition) is 10. The summed E-state index contributed by atoms with van der Waals surface area (Å²) in [7, 11) is 0. The number of benzene rings is 1. The molecule has 4 rings (SSSR count). The number of Topliss-reactive ketones (excluding diaryl/α,β-unsaturated/α-hetero) is 5. The molecule has 4 N–H and O–H groups in total. The topological polar surface area (TPSA) is 175 Å². The monoisotopic (exact) mass is 518 g/mol. The molecule has 1 heterocycles. The van der Waals surface area contributed by atoms with Gasteiger partial charge in [0, 0.05) is 45.6 Å². The maximum atomic E-state index is 13.6. The van der Waals surface area contributed by atoms with E-state index in [1.165, 1.54) is 6.07 Å². The van der Waals surface area contributed by atoms with E-state index in [1.807, 2.05) is 0 Å². The van der Waals surface area contributed by atoms with Crippen molar-refractivity contribution >= 4 is 34.7 Å². The molecular weight excluding hydrogens is 484 g/mol. The predicted molar refractivity (Wildman–Crippen MR) is 132 cm³/mol. The molecule has 0 aromatic heterocycles. The summed E-state index contributed by atoms with van der Waals surface area (Å²) in [5.41, 5.74) is -2.90. The Morgan fingerprint density at radius 2 is 1.81 bits per heavy atom. The zero-order chi connectivity index (χ0) is 27.1. The Hall–Kier alpha value is -3.21. The summed E-state index contributed by atoms with van der Waals surface area (Å²) in [5.74, 6) is -7.44. The molecule has 0 radical (unpaired) electrons. The first-order valence-corrected chi connectivity index (χ1v) is 12.4. The van der Waals surface area contributed by atoms with Crippen LogP contribution in [0.3, 0.4) is 0 Å². The molecule has 37 heavy (non-hydrogen) atoms. The largest absolute Gasteiger partial charge is 0.507 e. The van der Waals surface area contributed by atoms with Gasteiger partial charge in [-0.25, -0.2) is 0 Å². The summed E-state index contributed by atoms with van der Waals surface area (Å²) in [4.78, 5) is 64.2. The normalized spacial score (nSPS) is 25.9. The summed E-state index contributed by atoms with van der Waals surface area (Å²) < 4.78 is 5.26. The molecule has 2 aliphatic carbocycles. The minimum absolute atomic E-state index is 0. The fourth-order valence-corrected chi connectivity index (χ4v) is 5.88. The number of fused-ring (bicyclic) bond motifs is 2. The van der Waals surface area contributed by atoms with Gasteiger partial charge in [-0.15, -0.1) is 0 Å². The highest BCUT2D eigenvalue weighted by atomic mass is 16.5. The molecule has 1 aliphatic heterocycles. The highest BCUT2D eigenvalue weighted by molar-refractivity contribution is 6.44. The maximum Gasteiger partial charge on any atom is 0.229 e. The molecule has 2 fully saturated rings. The highest BCUT2D eigenvalue weighted by Gasteiger charge is 2.57. The van der Waals surface area contributed by atoms with E-state index < -0.39 is 76.8 Å². The van der Waals surface area contributed by atoms with Crippen LogP contribution in [-0.4, -0.2) is 74.8 Å². The number of carbonyl (C=O) groups excluding carboxylic acids is 5. The SMILES string of the molecule is CC(=O)CC(=O)C1(O)C(=O)C2=C(O)c3c(O)ccc(C(=O)C(=O)C4CCOCC4)c3CC2CC1CCO.[HH].[HH]. The smallest absolute Gasteiger partial charge is 0.229 e. The number of hydrogen-bond donors (Lipinski definition) is 4. The van der Waals surface area contributed by atoms with E-state index in [1.54, 1.807) is 0 Å². The lowest BCUT2D eigenvalue weighted by atomic mass is 9.60. The lowest BCUT2D eigenvalue weighted by Gasteiger charge is -2.43. The van der Waals surface area contributed by atoms with Gasteiger partial charge in [0.1, 0.15) is 17.3 Å². The number of rotatable bonds is 8. The van der Waals surface area contributed by atoms with Crippen LogP contribution in [0.2, 0.25) is 0 Å². The Morgan fingerprint density at radius 1 is 1.14 bits per heavy atom. The van der Waals surface area contributed by atoms with Crippen molar-refractivity contribution in [1.29, 1.82) is 0 Å². The molecular formula is C27H34O10. The Bertz CT molecular complexity index is 1220. The quantitative estimate of drug-likeness (QED) is 0.225. The number of aromatic hydroxyl groups is 1. The Kier molecular flexibility index (Phi) is 7.45. The first kappa shape index (κ1) is 26.8. The van der Waals surface area contributed by atoms with Crippen LogP contribution in [0.1, 0.15) is 63.4 Å². The minimum Gasteiger partial charge on any atom is -0.507 e.